The second-order valence-corrected chi connectivity index (χ2v) is 18.5. The van der Waals surface area contributed by atoms with Gasteiger partial charge in [0.25, 0.3) is 10.1 Å². The number of thioether (sulfide) groups is 1. The topological polar surface area (TPSA) is 102 Å². The second kappa shape index (κ2) is 17.6. The first-order chi connectivity index (χ1) is 25.5. The molecular weight excluding hydrogens is 741 g/mol. The number of nitrogens with zero attached hydrogens (tertiary/aromatic N) is 2. The number of amides is 2. The normalized spacial score (nSPS) is 13.4. The van der Waals surface area contributed by atoms with Gasteiger partial charge in [0.15, 0.2) is 0 Å². The zero-order valence-electron chi connectivity index (χ0n) is 31.7. The molecule has 5 rings (SSSR count). The van der Waals surface area contributed by atoms with Crippen molar-refractivity contribution < 1.29 is 31.9 Å². The Balaban J connectivity index is 1.50. The molecule has 2 amide bonds. The minimum atomic E-state index is -4.25. The van der Waals surface area contributed by atoms with Gasteiger partial charge in [0.2, 0.25) is 0 Å². The molecule has 0 N–H and O–H groups in total. The van der Waals surface area contributed by atoms with E-state index in [1.54, 1.807) is 86.3 Å². The predicted molar refractivity (Wildman–Crippen MR) is 216 cm³/mol. The van der Waals surface area contributed by atoms with E-state index in [1.807, 2.05) is 58.0 Å². The Morgan fingerprint density at radius 3 is 1.81 bits per heavy atom. The van der Waals surface area contributed by atoms with Crippen molar-refractivity contribution in [2.24, 2.45) is 0 Å². The summed E-state index contributed by atoms with van der Waals surface area (Å²) in [4.78, 5) is 42.1. The maximum absolute atomic E-state index is 14.8. The first-order valence-corrected chi connectivity index (χ1v) is 21.1. The average molecular weight is 789 g/mol. The molecule has 0 spiro atoms. The number of hydrogen-bond acceptors (Lipinski definition) is 9. The molecule has 0 aliphatic heterocycles. The number of rotatable bonds is 14. The van der Waals surface area contributed by atoms with E-state index in [0.717, 1.165) is 26.8 Å². The van der Waals surface area contributed by atoms with Crippen LogP contribution >= 0.6 is 23.1 Å². The van der Waals surface area contributed by atoms with Crippen molar-refractivity contribution in [3.63, 3.8) is 0 Å². The van der Waals surface area contributed by atoms with Crippen molar-refractivity contribution >= 4 is 55.1 Å². The van der Waals surface area contributed by atoms with Crippen molar-refractivity contribution in [2.75, 3.05) is 12.4 Å². The van der Waals surface area contributed by atoms with Crippen molar-refractivity contribution in [1.82, 2.24) is 10.1 Å². The highest BCUT2D eigenvalue weighted by Crippen LogP contribution is 2.33. The Hall–Kier alpha value is -4.04. The summed E-state index contributed by atoms with van der Waals surface area (Å²) in [5.41, 5.74) is 1.45. The molecular formula is C42H48N2O7S3. The molecule has 2 unspecified atom stereocenters. The molecule has 0 radical (unpaired) electrons. The molecule has 0 fully saturated rings. The Kier molecular flexibility index (Phi) is 13.4. The van der Waals surface area contributed by atoms with Crippen molar-refractivity contribution in [3.05, 3.63) is 137 Å². The molecule has 12 heteroatoms. The summed E-state index contributed by atoms with van der Waals surface area (Å²) in [6, 6.07) is 31.2. The molecule has 9 nitrogen and oxygen atoms in total. The van der Waals surface area contributed by atoms with Crippen LogP contribution in [0.2, 0.25) is 0 Å². The molecule has 5 aromatic rings. The van der Waals surface area contributed by atoms with Crippen LogP contribution in [0.3, 0.4) is 0 Å². The van der Waals surface area contributed by atoms with Gasteiger partial charge >= 0.3 is 11.8 Å². The van der Waals surface area contributed by atoms with Gasteiger partial charge in [-0.2, -0.15) is 20.2 Å². The van der Waals surface area contributed by atoms with E-state index < -0.39 is 51.8 Å². The van der Waals surface area contributed by atoms with Crippen molar-refractivity contribution in [3.8, 4) is 0 Å². The number of carbonyl (C=O) groups excluding carboxylic acids is 2. The third-order valence-corrected chi connectivity index (χ3v) is 11.3. The minimum Gasteiger partial charge on any atom is -0.264 e. The average Bonchev–Trinajstić information content (AvgIpc) is 3.60. The van der Waals surface area contributed by atoms with Crippen LogP contribution in [0, 0.1) is 6.92 Å². The monoisotopic (exact) mass is 788 g/mol. The van der Waals surface area contributed by atoms with E-state index in [9.17, 15) is 18.0 Å². The van der Waals surface area contributed by atoms with E-state index >= 15 is 0 Å². The smallest absolute Gasteiger partial charge is 0.264 e. The molecule has 1 aromatic heterocycles. The van der Waals surface area contributed by atoms with Crippen LogP contribution in [-0.4, -0.2) is 53.9 Å². The lowest BCUT2D eigenvalue weighted by Crippen LogP contribution is -2.52. The zero-order chi connectivity index (χ0) is 39.1. The van der Waals surface area contributed by atoms with E-state index in [4.69, 9.17) is 13.9 Å². The molecule has 4 aromatic carbocycles. The molecule has 1 heterocycles. The molecule has 0 saturated heterocycles. The highest BCUT2D eigenvalue weighted by atomic mass is 32.2. The van der Waals surface area contributed by atoms with E-state index in [1.165, 1.54) is 22.2 Å². The van der Waals surface area contributed by atoms with Gasteiger partial charge in [-0.15, -0.1) is 11.3 Å². The Morgan fingerprint density at radius 1 is 0.722 bits per heavy atom. The Labute approximate surface area is 327 Å². The van der Waals surface area contributed by atoms with E-state index in [2.05, 4.69) is 29.6 Å². The first-order valence-electron chi connectivity index (χ1n) is 17.7. The standard InChI is InChI=1S/C42H48N2O7S3/c1-30-18-21-35(22-19-30)54(47,48)49-27-36(32-14-10-8-11-15-32)43(50-41(2,3)4)39(45)40(46)44(51-42(5,6)7)37(33-16-12-9-13-17-33)29-52-28-31-20-23-38-34(26-31)24-25-53-38/h8-26,36-37H,27-29H2,1-7H3. The lowest BCUT2D eigenvalue weighted by atomic mass is 10.1. The third-order valence-electron chi connectivity index (χ3n) is 8.01. The summed E-state index contributed by atoms with van der Waals surface area (Å²) in [5, 5.41) is 5.34. The first kappa shape index (κ1) is 41.1. The molecule has 2 atom stereocenters. The summed E-state index contributed by atoms with van der Waals surface area (Å²) in [6.45, 7) is 12.0. The van der Waals surface area contributed by atoms with Crippen LogP contribution in [-0.2, 0) is 39.3 Å². The summed E-state index contributed by atoms with van der Waals surface area (Å²) in [6.07, 6.45) is 0. The fourth-order valence-electron chi connectivity index (χ4n) is 5.54. The van der Waals surface area contributed by atoms with Crippen LogP contribution in [0.25, 0.3) is 10.1 Å². The summed E-state index contributed by atoms with van der Waals surface area (Å²) in [5.74, 6) is -0.956. The lowest BCUT2D eigenvalue weighted by molar-refractivity contribution is -0.262. The Morgan fingerprint density at radius 2 is 1.26 bits per heavy atom. The number of hydroxylamine groups is 4. The van der Waals surface area contributed by atoms with Gasteiger partial charge in [-0.1, -0.05) is 84.4 Å². The highest BCUT2D eigenvalue weighted by Gasteiger charge is 2.41. The lowest BCUT2D eigenvalue weighted by Gasteiger charge is -2.39. The molecule has 0 saturated carbocycles. The number of thiophene rings is 1. The number of carbonyl (C=O) groups is 2. The largest absolute Gasteiger partial charge is 0.338 e. The Bertz CT molecular complexity index is 2110. The van der Waals surface area contributed by atoms with Crippen LogP contribution in [0.5, 0.6) is 0 Å². The summed E-state index contributed by atoms with van der Waals surface area (Å²) in [7, 11) is -4.25. The minimum absolute atomic E-state index is 0.0335. The van der Waals surface area contributed by atoms with Crippen LogP contribution in [0.15, 0.2) is 119 Å². The SMILES string of the molecule is Cc1ccc(S(=O)(=O)OCC(c2ccccc2)N(OC(C)(C)C)C(=O)C(=O)N(OC(C)(C)C)C(CSCc2ccc3sccc3c2)c2ccccc2)cc1. The van der Waals surface area contributed by atoms with Crippen LogP contribution < -0.4 is 0 Å². The predicted octanol–water partition coefficient (Wildman–Crippen LogP) is 9.45. The fourth-order valence-corrected chi connectivity index (χ4v) is 8.31. The molecule has 0 bridgehead atoms. The van der Waals surface area contributed by atoms with E-state index in [-0.39, 0.29) is 4.90 Å². The molecule has 0 aliphatic rings. The third kappa shape index (κ3) is 11.2. The van der Waals surface area contributed by atoms with Gasteiger partial charge < -0.3 is 0 Å². The quantitative estimate of drug-likeness (QED) is 0.0623. The van der Waals surface area contributed by atoms with Crippen LogP contribution in [0.1, 0.15) is 75.9 Å². The summed E-state index contributed by atoms with van der Waals surface area (Å²) < 4.78 is 33.6. The zero-order valence-corrected chi connectivity index (χ0v) is 34.2. The fraction of sp³-hybridized carbons (Fsp3) is 0.333. The van der Waals surface area contributed by atoms with Gasteiger partial charge in [0.1, 0.15) is 6.04 Å². The molecule has 286 valence electrons. The van der Waals surface area contributed by atoms with Gasteiger partial charge in [-0.25, -0.2) is 10.1 Å². The number of hydrogen-bond donors (Lipinski definition) is 0. The van der Waals surface area contributed by atoms with E-state index in [0.29, 0.717) is 17.1 Å². The van der Waals surface area contributed by atoms with Gasteiger partial charge in [0.05, 0.1) is 28.7 Å². The van der Waals surface area contributed by atoms with Crippen molar-refractivity contribution in [1.29, 1.82) is 0 Å². The maximum atomic E-state index is 14.8. The number of benzene rings is 4. The maximum Gasteiger partial charge on any atom is 0.338 e. The van der Waals surface area contributed by atoms with Crippen LogP contribution in [0.4, 0.5) is 0 Å². The van der Waals surface area contributed by atoms with Gasteiger partial charge in [-0.3, -0.25) is 23.4 Å². The highest BCUT2D eigenvalue weighted by molar-refractivity contribution is 7.98. The summed E-state index contributed by atoms with van der Waals surface area (Å²) >= 11 is 3.32. The van der Waals surface area contributed by atoms with Crippen molar-refractivity contribution in [2.45, 2.75) is 82.4 Å². The number of fused-ring (bicyclic) bond motifs is 1. The second-order valence-electron chi connectivity index (χ2n) is 14.9. The van der Waals surface area contributed by atoms with Gasteiger partial charge in [-0.05, 0) is 106 Å². The molecule has 0 aliphatic carbocycles. The van der Waals surface area contributed by atoms with Gasteiger partial charge in [0, 0.05) is 16.2 Å². The number of aryl methyl sites for hydroxylation is 1. The molecule has 54 heavy (non-hydrogen) atoms.